The number of benzene rings is 3. The molecule has 1 amide bonds. The van der Waals surface area contributed by atoms with Gasteiger partial charge in [0.2, 0.25) is 0 Å². The van der Waals surface area contributed by atoms with Crippen LogP contribution in [0.5, 0.6) is 23.0 Å². The lowest BCUT2D eigenvalue weighted by Gasteiger charge is -2.15. The third-order valence-corrected chi connectivity index (χ3v) is 6.87. The minimum atomic E-state index is -3.95. The molecule has 0 aliphatic carbocycles. The van der Waals surface area contributed by atoms with Gasteiger partial charge in [0.05, 0.1) is 49.1 Å². The SMILES string of the molecule is CCOc1ccc(NS(=O)(=O)c2ccc(OCC(=O)Nc3cc(OC)c(OC)cc3C(=O)OC)c(Cl)c2)cc1. The monoisotopic (exact) mass is 578 g/mol. The summed E-state index contributed by atoms with van der Waals surface area (Å²) >= 11 is 6.24. The molecular weight excluding hydrogens is 552 g/mol. The van der Waals surface area contributed by atoms with E-state index in [2.05, 4.69) is 10.0 Å². The highest BCUT2D eigenvalue weighted by molar-refractivity contribution is 7.92. The molecule has 3 rings (SSSR count). The molecule has 0 aliphatic heterocycles. The van der Waals surface area contributed by atoms with E-state index in [4.69, 9.17) is 35.3 Å². The van der Waals surface area contributed by atoms with Gasteiger partial charge in [-0.1, -0.05) is 11.6 Å². The van der Waals surface area contributed by atoms with Gasteiger partial charge in [-0.3, -0.25) is 9.52 Å². The van der Waals surface area contributed by atoms with Crippen molar-refractivity contribution >= 4 is 44.9 Å². The lowest BCUT2D eigenvalue weighted by Crippen LogP contribution is -2.22. The largest absolute Gasteiger partial charge is 0.494 e. The zero-order chi connectivity index (χ0) is 28.6. The Morgan fingerprint density at radius 3 is 2.13 bits per heavy atom. The van der Waals surface area contributed by atoms with Crippen LogP contribution >= 0.6 is 11.6 Å². The topological polar surface area (TPSA) is 138 Å². The van der Waals surface area contributed by atoms with Gasteiger partial charge in [0.1, 0.15) is 11.5 Å². The van der Waals surface area contributed by atoms with Crippen LogP contribution < -0.4 is 29.0 Å². The van der Waals surface area contributed by atoms with Crippen molar-refractivity contribution in [2.24, 2.45) is 0 Å². The van der Waals surface area contributed by atoms with Gasteiger partial charge in [-0.25, -0.2) is 13.2 Å². The Hall–Kier alpha value is -4.16. The number of sulfonamides is 1. The van der Waals surface area contributed by atoms with E-state index in [-0.39, 0.29) is 38.4 Å². The van der Waals surface area contributed by atoms with Crippen molar-refractivity contribution in [3.8, 4) is 23.0 Å². The molecule has 3 aromatic rings. The summed E-state index contributed by atoms with van der Waals surface area (Å²) < 4.78 is 54.1. The molecule has 0 atom stereocenters. The van der Waals surface area contributed by atoms with Gasteiger partial charge in [0, 0.05) is 17.8 Å². The molecule has 39 heavy (non-hydrogen) atoms. The molecule has 11 nitrogen and oxygen atoms in total. The van der Waals surface area contributed by atoms with Crippen molar-refractivity contribution in [3.63, 3.8) is 0 Å². The minimum absolute atomic E-state index is 0.0289. The van der Waals surface area contributed by atoms with E-state index >= 15 is 0 Å². The summed E-state index contributed by atoms with van der Waals surface area (Å²) in [7, 11) is 0.0590. The molecular formula is C26H27ClN2O9S. The summed E-state index contributed by atoms with van der Waals surface area (Å²) in [5.41, 5.74) is 0.491. The van der Waals surface area contributed by atoms with Crippen molar-refractivity contribution in [3.05, 3.63) is 65.2 Å². The molecule has 0 heterocycles. The number of ether oxygens (including phenoxy) is 5. The minimum Gasteiger partial charge on any atom is -0.494 e. The number of amides is 1. The number of carbonyl (C=O) groups is 2. The van der Waals surface area contributed by atoms with E-state index in [0.29, 0.717) is 18.0 Å². The number of rotatable bonds is 12. The Labute approximate surface area is 231 Å². The maximum Gasteiger partial charge on any atom is 0.340 e. The van der Waals surface area contributed by atoms with Crippen molar-refractivity contribution in [2.45, 2.75) is 11.8 Å². The zero-order valence-electron chi connectivity index (χ0n) is 21.6. The van der Waals surface area contributed by atoms with Crippen LogP contribution in [0.1, 0.15) is 17.3 Å². The van der Waals surface area contributed by atoms with E-state index in [1.807, 2.05) is 6.92 Å². The summed E-state index contributed by atoms with van der Waals surface area (Å²) in [4.78, 5) is 24.7. The average molecular weight is 579 g/mol. The summed E-state index contributed by atoms with van der Waals surface area (Å²) in [5, 5.41) is 2.53. The zero-order valence-corrected chi connectivity index (χ0v) is 23.1. The van der Waals surface area contributed by atoms with Crippen molar-refractivity contribution < 1.29 is 41.7 Å². The van der Waals surface area contributed by atoms with Gasteiger partial charge in [0.15, 0.2) is 18.1 Å². The van der Waals surface area contributed by atoms with E-state index in [1.54, 1.807) is 24.3 Å². The number of nitrogens with one attached hydrogen (secondary N) is 2. The van der Waals surface area contributed by atoms with Crippen LogP contribution in [0.2, 0.25) is 5.02 Å². The maximum atomic E-state index is 12.8. The van der Waals surface area contributed by atoms with Gasteiger partial charge in [-0.05, 0) is 49.4 Å². The van der Waals surface area contributed by atoms with E-state index < -0.39 is 28.5 Å². The molecule has 13 heteroatoms. The van der Waals surface area contributed by atoms with Gasteiger partial charge < -0.3 is 29.0 Å². The van der Waals surface area contributed by atoms with Crippen LogP contribution in [0.25, 0.3) is 0 Å². The molecule has 0 aliphatic rings. The second-order valence-corrected chi connectivity index (χ2v) is 9.83. The molecule has 0 spiro atoms. The first-order chi connectivity index (χ1) is 18.6. The summed E-state index contributed by atoms with van der Waals surface area (Å²) in [5.74, 6) is -0.0942. The van der Waals surface area contributed by atoms with Crippen molar-refractivity contribution in [1.29, 1.82) is 0 Å². The van der Waals surface area contributed by atoms with Gasteiger partial charge in [-0.2, -0.15) is 0 Å². The Morgan fingerprint density at radius 1 is 0.872 bits per heavy atom. The number of methoxy groups -OCH3 is 3. The fourth-order valence-electron chi connectivity index (χ4n) is 3.36. The average Bonchev–Trinajstić information content (AvgIpc) is 2.92. The first kappa shape index (κ1) is 29.4. The van der Waals surface area contributed by atoms with Crippen LogP contribution in [-0.4, -0.2) is 54.8 Å². The number of esters is 1. The van der Waals surface area contributed by atoms with Crippen molar-refractivity contribution in [1.82, 2.24) is 0 Å². The van der Waals surface area contributed by atoms with Gasteiger partial charge >= 0.3 is 5.97 Å². The smallest absolute Gasteiger partial charge is 0.340 e. The molecule has 2 N–H and O–H groups in total. The van der Waals surface area contributed by atoms with Crippen LogP contribution in [-0.2, 0) is 19.6 Å². The predicted octanol–water partition coefficient (Wildman–Crippen LogP) is 4.36. The van der Waals surface area contributed by atoms with Crippen LogP contribution in [0.15, 0.2) is 59.5 Å². The second kappa shape index (κ2) is 13.1. The maximum absolute atomic E-state index is 12.8. The third-order valence-electron chi connectivity index (χ3n) is 5.19. The molecule has 0 saturated carbocycles. The van der Waals surface area contributed by atoms with Gasteiger partial charge in [0.25, 0.3) is 15.9 Å². The van der Waals surface area contributed by atoms with Crippen LogP contribution in [0.3, 0.4) is 0 Å². The first-order valence-corrected chi connectivity index (χ1v) is 13.3. The van der Waals surface area contributed by atoms with Gasteiger partial charge in [-0.15, -0.1) is 0 Å². The quantitative estimate of drug-likeness (QED) is 0.300. The fourth-order valence-corrected chi connectivity index (χ4v) is 4.74. The van der Waals surface area contributed by atoms with Crippen LogP contribution in [0.4, 0.5) is 11.4 Å². The Bertz CT molecular complexity index is 1440. The summed E-state index contributed by atoms with van der Waals surface area (Å²) in [6, 6.07) is 13.0. The Kier molecular flexibility index (Phi) is 9.85. The summed E-state index contributed by atoms with van der Waals surface area (Å²) in [6.07, 6.45) is 0. The normalized spacial score (nSPS) is 10.8. The highest BCUT2D eigenvalue weighted by atomic mass is 35.5. The molecule has 0 fully saturated rings. The third kappa shape index (κ3) is 7.45. The predicted molar refractivity (Wildman–Crippen MR) is 145 cm³/mol. The van der Waals surface area contributed by atoms with Crippen LogP contribution in [0, 0.1) is 0 Å². The lowest BCUT2D eigenvalue weighted by atomic mass is 10.1. The number of hydrogen-bond donors (Lipinski definition) is 2. The van der Waals surface area contributed by atoms with E-state index in [1.165, 1.54) is 51.7 Å². The molecule has 0 radical (unpaired) electrons. The summed E-state index contributed by atoms with van der Waals surface area (Å²) in [6.45, 7) is 1.84. The highest BCUT2D eigenvalue weighted by Crippen LogP contribution is 2.34. The highest BCUT2D eigenvalue weighted by Gasteiger charge is 2.20. The molecule has 0 saturated heterocycles. The number of hydrogen-bond acceptors (Lipinski definition) is 9. The first-order valence-electron chi connectivity index (χ1n) is 11.4. The molecule has 0 unspecified atom stereocenters. The lowest BCUT2D eigenvalue weighted by molar-refractivity contribution is -0.118. The fraction of sp³-hybridized carbons (Fsp3) is 0.231. The number of halogens is 1. The van der Waals surface area contributed by atoms with E-state index in [9.17, 15) is 18.0 Å². The number of carbonyl (C=O) groups excluding carboxylic acids is 2. The Balaban J connectivity index is 1.69. The molecule has 0 bridgehead atoms. The standard InChI is InChI=1S/C26H27ClN2O9S/c1-5-37-17-8-6-16(7-9-17)29-39(32,33)18-10-11-22(20(27)12-18)38-15-25(30)28-21-14-24(35-3)23(34-2)13-19(21)26(31)36-4/h6-14,29H,5,15H2,1-4H3,(H,28,30). The molecule has 208 valence electrons. The second-order valence-electron chi connectivity index (χ2n) is 7.74. The van der Waals surface area contributed by atoms with Crippen molar-refractivity contribution in [2.75, 3.05) is 44.6 Å². The Morgan fingerprint density at radius 2 is 1.54 bits per heavy atom. The van der Waals surface area contributed by atoms with E-state index in [0.717, 1.165) is 0 Å². The number of anilines is 2. The molecule has 0 aromatic heterocycles. The molecule has 3 aromatic carbocycles.